The van der Waals surface area contributed by atoms with Crippen LogP contribution in [0.1, 0.15) is 24.8 Å². The number of aliphatic hydroxyl groups is 1. The van der Waals surface area contributed by atoms with Crippen LogP contribution in [0.15, 0.2) is 11.6 Å². The molecule has 1 rings (SSSR count). The first-order chi connectivity index (χ1) is 6.24. The second-order valence-corrected chi connectivity index (χ2v) is 3.85. The molecule has 0 spiro atoms. The van der Waals surface area contributed by atoms with Crippen molar-refractivity contribution in [3.63, 3.8) is 0 Å². The van der Waals surface area contributed by atoms with Gasteiger partial charge in [0.25, 0.3) is 0 Å². The molecule has 0 aromatic carbocycles. The van der Waals surface area contributed by atoms with Crippen molar-refractivity contribution in [2.75, 3.05) is 0 Å². The van der Waals surface area contributed by atoms with Crippen LogP contribution in [0.4, 0.5) is 0 Å². The molecule has 1 aromatic rings. The van der Waals surface area contributed by atoms with Crippen molar-refractivity contribution in [3.8, 4) is 0 Å². The Morgan fingerprint density at radius 1 is 1.77 bits per heavy atom. The summed E-state index contributed by atoms with van der Waals surface area (Å²) in [7, 11) is 0. The lowest BCUT2D eigenvalue weighted by molar-refractivity contribution is -0.126. The van der Waals surface area contributed by atoms with Gasteiger partial charge in [-0.05, 0) is 6.42 Å². The summed E-state index contributed by atoms with van der Waals surface area (Å²) >= 11 is 1.44. The third-order valence-corrected chi connectivity index (χ3v) is 2.52. The number of Topliss-reactive ketones (excluding diaryl/α,β-unsaturated/α-hetero) is 1. The topological polar surface area (TPSA) is 50.2 Å². The van der Waals surface area contributed by atoms with Crippen molar-refractivity contribution in [3.05, 3.63) is 16.6 Å². The van der Waals surface area contributed by atoms with E-state index in [9.17, 15) is 9.90 Å². The van der Waals surface area contributed by atoms with E-state index in [0.29, 0.717) is 6.42 Å². The Hall–Kier alpha value is -0.740. The largest absolute Gasteiger partial charge is 0.385 e. The van der Waals surface area contributed by atoms with Gasteiger partial charge in [-0.15, -0.1) is 11.3 Å². The fraction of sp³-hybridized carbons (Fsp3) is 0.556. The monoisotopic (exact) mass is 199 g/mol. The summed E-state index contributed by atoms with van der Waals surface area (Å²) in [6.07, 6.45) is 2.49. The molecule has 0 saturated carbocycles. The summed E-state index contributed by atoms with van der Waals surface area (Å²) in [5.74, 6) is -0.128. The smallest absolute Gasteiger partial charge is 0.168 e. The molecule has 0 amide bonds. The number of hydrogen-bond donors (Lipinski definition) is 1. The minimum Gasteiger partial charge on any atom is -0.385 e. The maximum atomic E-state index is 11.3. The second-order valence-electron chi connectivity index (χ2n) is 2.87. The predicted molar refractivity (Wildman–Crippen MR) is 51.7 cm³/mol. The summed E-state index contributed by atoms with van der Waals surface area (Å²) in [5.41, 5.74) is 0. The first-order valence-electron chi connectivity index (χ1n) is 4.33. The average Bonchev–Trinajstić information content (AvgIpc) is 2.57. The number of hydrogen-bond acceptors (Lipinski definition) is 4. The van der Waals surface area contributed by atoms with Gasteiger partial charge in [0.15, 0.2) is 5.78 Å². The van der Waals surface area contributed by atoms with Crippen LogP contribution in [0.3, 0.4) is 0 Å². The van der Waals surface area contributed by atoms with Crippen molar-refractivity contribution in [1.82, 2.24) is 4.98 Å². The van der Waals surface area contributed by atoms with Crippen LogP contribution < -0.4 is 0 Å². The van der Waals surface area contributed by atoms with Crippen molar-refractivity contribution >= 4 is 17.1 Å². The predicted octanol–water partition coefficient (Wildman–Crippen LogP) is 1.42. The Labute approximate surface area is 81.4 Å². The minimum atomic E-state index is -0.811. The van der Waals surface area contributed by atoms with Crippen LogP contribution in [-0.2, 0) is 11.2 Å². The molecule has 0 saturated heterocycles. The number of carbonyl (C=O) groups is 1. The SMILES string of the molecule is CCCC(O)C(=O)Cc1nccs1. The molecule has 1 N–H and O–H groups in total. The molecule has 1 aromatic heterocycles. The lowest BCUT2D eigenvalue weighted by Crippen LogP contribution is -2.21. The molecule has 0 bridgehead atoms. The summed E-state index contributed by atoms with van der Waals surface area (Å²) in [4.78, 5) is 15.3. The summed E-state index contributed by atoms with van der Waals surface area (Å²) in [6, 6.07) is 0. The van der Waals surface area contributed by atoms with Gasteiger partial charge in [0.05, 0.1) is 11.4 Å². The van der Waals surface area contributed by atoms with E-state index in [-0.39, 0.29) is 12.2 Å². The molecule has 4 heteroatoms. The first-order valence-corrected chi connectivity index (χ1v) is 5.21. The Morgan fingerprint density at radius 2 is 2.54 bits per heavy atom. The molecule has 0 aliphatic heterocycles. The molecule has 3 nitrogen and oxygen atoms in total. The molecule has 0 aliphatic rings. The van der Waals surface area contributed by atoms with E-state index in [1.54, 1.807) is 6.20 Å². The molecular weight excluding hydrogens is 186 g/mol. The number of rotatable bonds is 5. The zero-order valence-electron chi connectivity index (χ0n) is 7.56. The van der Waals surface area contributed by atoms with E-state index in [1.165, 1.54) is 11.3 Å². The van der Waals surface area contributed by atoms with Crippen LogP contribution >= 0.6 is 11.3 Å². The van der Waals surface area contributed by atoms with Gasteiger partial charge in [0.2, 0.25) is 0 Å². The Balaban J connectivity index is 2.41. The minimum absolute atomic E-state index is 0.128. The Bertz CT molecular complexity index is 259. The standard InChI is InChI=1S/C9H13NO2S/c1-2-3-7(11)8(12)6-9-10-4-5-13-9/h4-5,7,11H,2-3,6H2,1H3. The van der Waals surface area contributed by atoms with E-state index >= 15 is 0 Å². The first kappa shape index (κ1) is 10.3. The zero-order chi connectivity index (χ0) is 9.68. The number of aromatic nitrogens is 1. The second kappa shape index (κ2) is 5.09. The molecule has 1 heterocycles. The summed E-state index contributed by atoms with van der Waals surface area (Å²) < 4.78 is 0. The van der Waals surface area contributed by atoms with Crippen molar-refractivity contribution in [2.24, 2.45) is 0 Å². The molecule has 13 heavy (non-hydrogen) atoms. The van der Waals surface area contributed by atoms with E-state index in [2.05, 4.69) is 4.98 Å². The third-order valence-electron chi connectivity index (χ3n) is 1.74. The molecule has 72 valence electrons. The maximum Gasteiger partial charge on any atom is 0.168 e. The third kappa shape index (κ3) is 3.24. The van der Waals surface area contributed by atoms with Gasteiger partial charge in [-0.2, -0.15) is 0 Å². The number of aliphatic hydroxyl groups excluding tert-OH is 1. The number of ketones is 1. The number of carbonyl (C=O) groups excluding carboxylic acids is 1. The van der Waals surface area contributed by atoms with Gasteiger partial charge in [-0.25, -0.2) is 4.98 Å². The summed E-state index contributed by atoms with van der Waals surface area (Å²) in [5, 5.41) is 11.9. The summed E-state index contributed by atoms with van der Waals surface area (Å²) in [6.45, 7) is 1.94. The Kier molecular flexibility index (Phi) is 4.05. The van der Waals surface area contributed by atoms with Gasteiger partial charge in [-0.3, -0.25) is 4.79 Å². The lowest BCUT2D eigenvalue weighted by atomic mass is 10.1. The average molecular weight is 199 g/mol. The van der Waals surface area contributed by atoms with Gasteiger partial charge in [0, 0.05) is 11.6 Å². The van der Waals surface area contributed by atoms with Crippen molar-refractivity contribution in [2.45, 2.75) is 32.3 Å². The maximum absolute atomic E-state index is 11.3. The van der Waals surface area contributed by atoms with E-state index in [0.717, 1.165) is 11.4 Å². The van der Waals surface area contributed by atoms with E-state index in [4.69, 9.17) is 0 Å². The van der Waals surface area contributed by atoms with E-state index < -0.39 is 6.10 Å². The number of thiazole rings is 1. The fourth-order valence-electron chi connectivity index (χ4n) is 1.04. The van der Waals surface area contributed by atoms with Gasteiger partial charge in [0.1, 0.15) is 6.10 Å². The van der Waals surface area contributed by atoms with Crippen LogP contribution in [0.2, 0.25) is 0 Å². The fourth-order valence-corrected chi connectivity index (χ4v) is 1.67. The molecule has 0 aliphatic carbocycles. The normalized spacial score (nSPS) is 12.8. The molecule has 1 atom stereocenters. The van der Waals surface area contributed by atoms with Crippen LogP contribution in [0.5, 0.6) is 0 Å². The van der Waals surface area contributed by atoms with E-state index in [1.807, 2.05) is 12.3 Å². The molecule has 1 unspecified atom stereocenters. The van der Waals surface area contributed by atoms with Crippen LogP contribution in [-0.4, -0.2) is 22.0 Å². The Morgan fingerprint density at radius 3 is 3.08 bits per heavy atom. The molecular formula is C9H13NO2S. The molecule has 0 fully saturated rings. The quantitative estimate of drug-likeness (QED) is 0.780. The van der Waals surface area contributed by atoms with Crippen LogP contribution in [0.25, 0.3) is 0 Å². The van der Waals surface area contributed by atoms with Crippen molar-refractivity contribution in [1.29, 1.82) is 0 Å². The van der Waals surface area contributed by atoms with Gasteiger partial charge in [-0.1, -0.05) is 13.3 Å². The highest BCUT2D eigenvalue weighted by molar-refractivity contribution is 7.09. The highest BCUT2D eigenvalue weighted by Crippen LogP contribution is 2.08. The molecule has 0 radical (unpaired) electrons. The van der Waals surface area contributed by atoms with Crippen LogP contribution in [0, 0.1) is 0 Å². The van der Waals surface area contributed by atoms with Gasteiger partial charge >= 0.3 is 0 Å². The highest BCUT2D eigenvalue weighted by Gasteiger charge is 2.14. The van der Waals surface area contributed by atoms with Gasteiger partial charge < -0.3 is 5.11 Å². The lowest BCUT2D eigenvalue weighted by Gasteiger charge is -2.05. The highest BCUT2D eigenvalue weighted by atomic mass is 32.1. The van der Waals surface area contributed by atoms with Crippen molar-refractivity contribution < 1.29 is 9.90 Å². The zero-order valence-corrected chi connectivity index (χ0v) is 8.38. The number of nitrogens with zero attached hydrogens (tertiary/aromatic N) is 1.